The highest BCUT2D eigenvalue weighted by atomic mass is 19.1. The van der Waals surface area contributed by atoms with Gasteiger partial charge in [0.1, 0.15) is 5.82 Å². The Balaban J connectivity index is 1.86. The first kappa shape index (κ1) is 12.7. The van der Waals surface area contributed by atoms with Gasteiger partial charge in [0.25, 0.3) is 0 Å². The van der Waals surface area contributed by atoms with E-state index in [0.717, 1.165) is 5.56 Å². The second-order valence-electron chi connectivity index (χ2n) is 4.03. The first-order chi connectivity index (χ1) is 8.77. The Labute approximate surface area is 105 Å². The van der Waals surface area contributed by atoms with Crippen LogP contribution in [0.1, 0.15) is 17.2 Å². The van der Waals surface area contributed by atoms with Crippen LogP contribution in [0.2, 0.25) is 0 Å². The van der Waals surface area contributed by atoms with Gasteiger partial charge in [0.15, 0.2) is 0 Å². The van der Waals surface area contributed by atoms with Gasteiger partial charge in [-0.25, -0.2) is 4.39 Å². The summed E-state index contributed by atoms with van der Waals surface area (Å²) in [4.78, 5) is 3.99. The smallest absolute Gasteiger partial charge is 0.129 e. The fourth-order valence-corrected chi connectivity index (χ4v) is 1.71. The maximum absolute atomic E-state index is 13.4. The van der Waals surface area contributed by atoms with Crippen LogP contribution in [-0.2, 0) is 6.54 Å². The molecule has 94 valence electrons. The van der Waals surface area contributed by atoms with Crippen LogP contribution in [-0.4, -0.2) is 16.6 Å². The molecule has 18 heavy (non-hydrogen) atoms. The molecule has 0 fully saturated rings. The first-order valence-electron chi connectivity index (χ1n) is 5.79. The van der Waals surface area contributed by atoms with Crippen LogP contribution in [0.25, 0.3) is 0 Å². The van der Waals surface area contributed by atoms with E-state index in [1.807, 2.05) is 12.1 Å². The minimum absolute atomic E-state index is 0.301. The van der Waals surface area contributed by atoms with Crippen molar-refractivity contribution in [3.8, 4) is 0 Å². The summed E-state index contributed by atoms with van der Waals surface area (Å²) in [5.41, 5.74) is 1.34. The summed E-state index contributed by atoms with van der Waals surface area (Å²) in [6.07, 6.45) is 2.61. The largest absolute Gasteiger partial charge is 0.387 e. The molecule has 0 amide bonds. The summed E-state index contributed by atoms with van der Waals surface area (Å²) in [7, 11) is 0. The molecule has 0 aliphatic heterocycles. The third kappa shape index (κ3) is 3.35. The fraction of sp³-hybridized carbons (Fsp3) is 0.214. The molecule has 0 spiro atoms. The minimum Gasteiger partial charge on any atom is -0.387 e. The zero-order valence-electron chi connectivity index (χ0n) is 9.88. The van der Waals surface area contributed by atoms with Crippen molar-refractivity contribution in [2.24, 2.45) is 0 Å². The number of hydrogen-bond donors (Lipinski definition) is 2. The second-order valence-corrected chi connectivity index (χ2v) is 4.03. The van der Waals surface area contributed by atoms with Gasteiger partial charge in [0.2, 0.25) is 0 Å². The van der Waals surface area contributed by atoms with Gasteiger partial charge in [-0.2, -0.15) is 0 Å². The number of hydrogen-bond acceptors (Lipinski definition) is 3. The zero-order chi connectivity index (χ0) is 12.8. The molecule has 2 rings (SSSR count). The van der Waals surface area contributed by atoms with E-state index >= 15 is 0 Å². The molecule has 0 aliphatic carbocycles. The molecule has 0 saturated heterocycles. The molecule has 0 aliphatic rings. The summed E-state index contributed by atoms with van der Waals surface area (Å²) in [6.45, 7) is 0.898. The van der Waals surface area contributed by atoms with Crippen molar-refractivity contribution in [1.82, 2.24) is 10.3 Å². The van der Waals surface area contributed by atoms with Gasteiger partial charge in [-0.15, -0.1) is 0 Å². The number of aromatic nitrogens is 1. The monoisotopic (exact) mass is 246 g/mol. The van der Waals surface area contributed by atoms with Crippen molar-refractivity contribution in [2.45, 2.75) is 12.6 Å². The molecule has 0 radical (unpaired) electrons. The second kappa shape index (κ2) is 6.23. The van der Waals surface area contributed by atoms with Gasteiger partial charge < -0.3 is 10.4 Å². The Bertz CT molecular complexity index is 490. The number of halogens is 1. The lowest BCUT2D eigenvalue weighted by Crippen LogP contribution is -2.21. The van der Waals surface area contributed by atoms with Crippen LogP contribution < -0.4 is 5.32 Å². The van der Waals surface area contributed by atoms with Crippen molar-refractivity contribution in [3.63, 3.8) is 0 Å². The lowest BCUT2D eigenvalue weighted by molar-refractivity contribution is 0.169. The van der Waals surface area contributed by atoms with Gasteiger partial charge in [-0.3, -0.25) is 4.98 Å². The quantitative estimate of drug-likeness (QED) is 0.848. The Hall–Kier alpha value is -1.78. The molecular formula is C14H15FN2O. The van der Waals surface area contributed by atoms with E-state index in [4.69, 9.17) is 0 Å². The maximum atomic E-state index is 13.4. The van der Waals surface area contributed by atoms with E-state index in [-0.39, 0.29) is 5.82 Å². The van der Waals surface area contributed by atoms with Gasteiger partial charge in [-0.1, -0.05) is 24.3 Å². The highest BCUT2D eigenvalue weighted by molar-refractivity contribution is 5.20. The van der Waals surface area contributed by atoms with E-state index in [1.54, 1.807) is 30.6 Å². The Kier molecular flexibility index (Phi) is 4.39. The van der Waals surface area contributed by atoms with Crippen molar-refractivity contribution < 1.29 is 9.50 Å². The normalized spacial score (nSPS) is 12.3. The molecule has 2 N–H and O–H groups in total. The molecule has 2 aromatic rings. The molecule has 1 heterocycles. The van der Waals surface area contributed by atoms with Crippen LogP contribution in [0.5, 0.6) is 0 Å². The van der Waals surface area contributed by atoms with E-state index in [0.29, 0.717) is 18.7 Å². The van der Waals surface area contributed by atoms with Crippen LogP contribution >= 0.6 is 0 Å². The van der Waals surface area contributed by atoms with Crippen molar-refractivity contribution >= 4 is 0 Å². The SMILES string of the molecule is OC(CNCc1cccnc1)c1ccccc1F. The van der Waals surface area contributed by atoms with Crippen LogP contribution in [0.4, 0.5) is 4.39 Å². The van der Waals surface area contributed by atoms with E-state index in [9.17, 15) is 9.50 Å². The van der Waals surface area contributed by atoms with Crippen LogP contribution in [0, 0.1) is 5.82 Å². The summed E-state index contributed by atoms with van der Waals surface area (Å²) < 4.78 is 13.4. The Morgan fingerprint density at radius 2 is 2.06 bits per heavy atom. The average Bonchev–Trinajstić information content (AvgIpc) is 2.40. The van der Waals surface area contributed by atoms with E-state index < -0.39 is 6.10 Å². The molecular weight excluding hydrogens is 231 g/mol. The Morgan fingerprint density at radius 1 is 1.22 bits per heavy atom. The number of aliphatic hydroxyl groups excluding tert-OH is 1. The van der Waals surface area contributed by atoms with Crippen molar-refractivity contribution in [1.29, 1.82) is 0 Å². The summed E-state index contributed by atoms with van der Waals surface area (Å²) in [5, 5.41) is 12.9. The van der Waals surface area contributed by atoms with Crippen molar-refractivity contribution in [2.75, 3.05) is 6.54 Å². The minimum atomic E-state index is -0.845. The van der Waals surface area contributed by atoms with Gasteiger partial charge in [0.05, 0.1) is 6.10 Å². The number of benzene rings is 1. The first-order valence-corrected chi connectivity index (χ1v) is 5.79. The molecule has 3 nitrogen and oxygen atoms in total. The molecule has 1 aromatic heterocycles. The molecule has 1 unspecified atom stereocenters. The van der Waals surface area contributed by atoms with Crippen molar-refractivity contribution in [3.05, 3.63) is 65.7 Å². The molecule has 0 saturated carbocycles. The van der Waals surface area contributed by atoms with Crippen LogP contribution in [0.15, 0.2) is 48.8 Å². The van der Waals surface area contributed by atoms with Gasteiger partial charge >= 0.3 is 0 Å². The molecule has 4 heteroatoms. The molecule has 1 aromatic carbocycles. The predicted molar refractivity (Wildman–Crippen MR) is 67.3 cm³/mol. The predicted octanol–water partition coefficient (Wildman–Crippen LogP) is 2.04. The molecule has 1 atom stereocenters. The summed E-state index contributed by atoms with van der Waals surface area (Å²) in [6, 6.07) is 10.0. The summed E-state index contributed by atoms with van der Waals surface area (Å²) in [5.74, 6) is -0.381. The Morgan fingerprint density at radius 3 is 2.78 bits per heavy atom. The number of aliphatic hydroxyl groups is 1. The lowest BCUT2D eigenvalue weighted by Gasteiger charge is -2.12. The highest BCUT2D eigenvalue weighted by Gasteiger charge is 2.11. The molecule has 0 bridgehead atoms. The third-order valence-electron chi connectivity index (χ3n) is 2.65. The van der Waals surface area contributed by atoms with E-state index in [1.165, 1.54) is 6.07 Å². The zero-order valence-corrected chi connectivity index (χ0v) is 9.88. The lowest BCUT2D eigenvalue weighted by atomic mass is 10.1. The number of nitrogens with one attached hydrogen (secondary N) is 1. The third-order valence-corrected chi connectivity index (χ3v) is 2.65. The highest BCUT2D eigenvalue weighted by Crippen LogP contribution is 2.15. The topological polar surface area (TPSA) is 45.1 Å². The van der Waals surface area contributed by atoms with Gasteiger partial charge in [-0.05, 0) is 17.7 Å². The number of pyridine rings is 1. The number of nitrogens with zero attached hydrogens (tertiary/aromatic N) is 1. The number of rotatable bonds is 5. The standard InChI is InChI=1S/C14H15FN2O/c15-13-6-2-1-5-12(13)14(18)10-17-9-11-4-3-7-16-8-11/h1-8,14,17-18H,9-10H2. The van der Waals surface area contributed by atoms with Gasteiger partial charge in [0, 0.05) is 31.0 Å². The van der Waals surface area contributed by atoms with E-state index in [2.05, 4.69) is 10.3 Å². The average molecular weight is 246 g/mol. The fourth-order valence-electron chi connectivity index (χ4n) is 1.71. The summed E-state index contributed by atoms with van der Waals surface area (Å²) >= 11 is 0. The maximum Gasteiger partial charge on any atom is 0.129 e. The van der Waals surface area contributed by atoms with Crippen LogP contribution in [0.3, 0.4) is 0 Å².